The quantitative estimate of drug-likeness (QED) is 0.819. The summed E-state index contributed by atoms with van der Waals surface area (Å²) >= 11 is 0. The number of aromatic nitrogens is 1. The van der Waals surface area contributed by atoms with Crippen molar-refractivity contribution in [3.63, 3.8) is 0 Å². The van der Waals surface area contributed by atoms with Crippen LogP contribution in [-0.2, 0) is 4.74 Å². The van der Waals surface area contributed by atoms with Gasteiger partial charge in [0.25, 0.3) is 0 Å². The van der Waals surface area contributed by atoms with Crippen LogP contribution in [0, 0.1) is 0 Å². The third-order valence-corrected chi connectivity index (χ3v) is 4.11. The number of nitrogens with zero attached hydrogens (tertiary/aromatic N) is 1. The number of benzene rings is 1. The van der Waals surface area contributed by atoms with Crippen molar-refractivity contribution in [2.24, 2.45) is 0 Å². The molecule has 2 aromatic rings. The minimum absolute atomic E-state index is 0.331. The predicted molar refractivity (Wildman–Crippen MR) is 79.2 cm³/mol. The number of hydrogen-bond donors (Lipinski definition) is 0. The van der Waals surface area contributed by atoms with E-state index in [2.05, 4.69) is 36.9 Å². The maximum atomic E-state index is 5.57. The van der Waals surface area contributed by atoms with Gasteiger partial charge in [0.15, 0.2) is 0 Å². The van der Waals surface area contributed by atoms with Crippen molar-refractivity contribution in [2.45, 2.75) is 31.3 Å². The van der Waals surface area contributed by atoms with Crippen LogP contribution in [0.5, 0.6) is 0 Å². The maximum absolute atomic E-state index is 5.57. The highest BCUT2D eigenvalue weighted by atomic mass is 16.5. The molecule has 0 aliphatic heterocycles. The Morgan fingerprint density at radius 2 is 2.16 bits per heavy atom. The Bertz CT molecular complexity index is 605. The molecule has 0 amide bonds. The molecule has 0 spiro atoms. The van der Waals surface area contributed by atoms with Crippen LogP contribution >= 0.6 is 0 Å². The predicted octanol–water partition coefficient (Wildman–Crippen LogP) is 4.16. The first kappa shape index (κ1) is 12.4. The Morgan fingerprint density at radius 3 is 2.95 bits per heavy atom. The van der Waals surface area contributed by atoms with Gasteiger partial charge in [-0.05, 0) is 36.6 Å². The Kier molecular flexibility index (Phi) is 3.34. The van der Waals surface area contributed by atoms with Crippen LogP contribution in [0.15, 0.2) is 36.9 Å². The molecule has 0 unspecified atom stereocenters. The van der Waals surface area contributed by atoms with E-state index in [9.17, 15) is 0 Å². The number of pyridine rings is 1. The van der Waals surface area contributed by atoms with Crippen molar-refractivity contribution in [3.05, 3.63) is 48.2 Å². The van der Waals surface area contributed by atoms with Gasteiger partial charge >= 0.3 is 0 Å². The van der Waals surface area contributed by atoms with E-state index >= 15 is 0 Å². The van der Waals surface area contributed by atoms with Crippen molar-refractivity contribution in [2.75, 3.05) is 7.11 Å². The average Bonchev–Trinajstić information content (AvgIpc) is 2.94. The lowest BCUT2D eigenvalue weighted by Crippen LogP contribution is -2.15. The molecule has 2 atom stereocenters. The molecule has 1 aliphatic rings. The van der Waals surface area contributed by atoms with E-state index in [1.807, 2.05) is 6.08 Å². The van der Waals surface area contributed by atoms with Crippen LogP contribution in [0.3, 0.4) is 0 Å². The van der Waals surface area contributed by atoms with Crippen LogP contribution in [0.1, 0.15) is 36.4 Å². The van der Waals surface area contributed by atoms with Gasteiger partial charge < -0.3 is 4.74 Å². The minimum Gasteiger partial charge on any atom is -0.381 e. The molecule has 1 aliphatic carbocycles. The molecule has 0 bridgehead atoms. The van der Waals surface area contributed by atoms with Crippen molar-refractivity contribution >= 4 is 17.0 Å². The van der Waals surface area contributed by atoms with E-state index in [0.29, 0.717) is 12.0 Å². The second kappa shape index (κ2) is 5.14. The number of ether oxygens (including phenoxy) is 1. The summed E-state index contributed by atoms with van der Waals surface area (Å²) in [6.07, 6.45) is 5.76. The van der Waals surface area contributed by atoms with Gasteiger partial charge in [0, 0.05) is 24.1 Å². The molecule has 1 saturated carbocycles. The fourth-order valence-corrected chi connectivity index (χ4v) is 3.04. The molecule has 0 radical (unpaired) electrons. The van der Waals surface area contributed by atoms with Crippen molar-refractivity contribution in [1.82, 2.24) is 4.98 Å². The molecule has 19 heavy (non-hydrogen) atoms. The molecule has 0 N–H and O–H groups in total. The molecule has 0 saturated heterocycles. The minimum atomic E-state index is 0.331. The lowest BCUT2D eigenvalue weighted by molar-refractivity contribution is 0.0936. The molecule has 1 fully saturated rings. The summed E-state index contributed by atoms with van der Waals surface area (Å²) in [4.78, 5) is 4.82. The topological polar surface area (TPSA) is 22.1 Å². The summed E-state index contributed by atoms with van der Waals surface area (Å²) in [6.45, 7) is 3.80. The zero-order chi connectivity index (χ0) is 13.2. The van der Waals surface area contributed by atoms with Gasteiger partial charge in [-0.1, -0.05) is 31.2 Å². The normalized spacial score (nSPS) is 22.8. The molecule has 1 aromatic heterocycles. The smallest absolute Gasteiger partial charge is 0.0705 e. The summed E-state index contributed by atoms with van der Waals surface area (Å²) in [5, 5.41) is 1.17. The summed E-state index contributed by atoms with van der Waals surface area (Å²) in [6, 6.07) is 10.6. The number of methoxy groups -OCH3 is 1. The van der Waals surface area contributed by atoms with E-state index in [1.165, 1.54) is 23.9 Å². The lowest BCUT2D eigenvalue weighted by Gasteiger charge is -2.18. The molecule has 98 valence electrons. The van der Waals surface area contributed by atoms with Gasteiger partial charge in [0.1, 0.15) is 0 Å². The summed E-state index contributed by atoms with van der Waals surface area (Å²) in [7, 11) is 1.81. The SMILES string of the molecule is C=Cc1ccc2nc([C@@H]3CCC[C@H]3OC)ccc2c1. The lowest BCUT2D eigenvalue weighted by atomic mass is 9.99. The van der Waals surface area contributed by atoms with Crippen LogP contribution in [0.4, 0.5) is 0 Å². The number of fused-ring (bicyclic) bond motifs is 1. The fourth-order valence-electron chi connectivity index (χ4n) is 3.04. The van der Waals surface area contributed by atoms with Crippen LogP contribution in [0.25, 0.3) is 17.0 Å². The third kappa shape index (κ3) is 2.28. The van der Waals surface area contributed by atoms with Gasteiger partial charge in [-0.3, -0.25) is 4.98 Å². The highest BCUT2D eigenvalue weighted by Gasteiger charge is 2.29. The van der Waals surface area contributed by atoms with Crippen molar-refractivity contribution < 1.29 is 4.74 Å². The van der Waals surface area contributed by atoms with E-state index in [-0.39, 0.29) is 0 Å². The summed E-state index contributed by atoms with van der Waals surface area (Å²) in [5.74, 6) is 0.452. The standard InChI is InChI=1S/C17H19NO/c1-3-12-7-9-15-13(11-12)8-10-16(18-15)14-5-4-6-17(14)19-2/h3,7-11,14,17H,1,4-6H2,2H3/t14-,17+/m0/s1. The number of hydrogen-bond acceptors (Lipinski definition) is 2. The monoisotopic (exact) mass is 253 g/mol. The van der Waals surface area contributed by atoms with Gasteiger partial charge in [0.05, 0.1) is 11.6 Å². The first-order chi connectivity index (χ1) is 9.31. The van der Waals surface area contributed by atoms with Gasteiger partial charge in [0.2, 0.25) is 0 Å². The van der Waals surface area contributed by atoms with Crippen molar-refractivity contribution in [1.29, 1.82) is 0 Å². The Hall–Kier alpha value is -1.67. The summed E-state index contributed by atoms with van der Waals surface area (Å²) in [5.41, 5.74) is 3.37. The van der Waals surface area contributed by atoms with Crippen LogP contribution in [-0.4, -0.2) is 18.2 Å². The fraction of sp³-hybridized carbons (Fsp3) is 0.353. The second-order valence-corrected chi connectivity index (χ2v) is 5.20. The Balaban J connectivity index is 1.99. The second-order valence-electron chi connectivity index (χ2n) is 5.20. The average molecular weight is 253 g/mol. The zero-order valence-corrected chi connectivity index (χ0v) is 11.3. The van der Waals surface area contributed by atoms with Crippen LogP contribution < -0.4 is 0 Å². The Morgan fingerprint density at radius 1 is 1.26 bits per heavy atom. The third-order valence-electron chi connectivity index (χ3n) is 4.11. The molecule has 1 aromatic carbocycles. The molecule has 2 heteroatoms. The first-order valence-electron chi connectivity index (χ1n) is 6.88. The maximum Gasteiger partial charge on any atom is 0.0705 e. The highest BCUT2D eigenvalue weighted by molar-refractivity contribution is 5.81. The van der Waals surface area contributed by atoms with Gasteiger partial charge in [-0.25, -0.2) is 0 Å². The first-order valence-corrected chi connectivity index (χ1v) is 6.88. The van der Waals surface area contributed by atoms with Crippen LogP contribution in [0.2, 0.25) is 0 Å². The van der Waals surface area contributed by atoms with E-state index < -0.39 is 0 Å². The molecule has 3 rings (SSSR count). The Labute approximate surface area is 114 Å². The molecule has 1 heterocycles. The largest absolute Gasteiger partial charge is 0.381 e. The van der Waals surface area contributed by atoms with Gasteiger partial charge in [-0.2, -0.15) is 0 Å². The molecular weight excluding hydrogens is 234 g/mol. The summed E-state index contributed by atoms with van der Waals surface area (Å²) < 4.78 is 5.57. The number of rotatable bonds is 3. The molecule has 2 nitrogen and oxygen atoms in total. The van der Waals surface area contributed by atoms with E-state index in [1.54, 1.807) is 7.11 Å². The van der Waals surface area contributed by atoms with Gasteiger partial charge in [-0.15, -0.1) is 0 Å². The van der Waals surface area contributed by atoms with Crippen molar-refractivity contribution in [3.8, 4) is 0 Å². The zero-order valence-electron chi connectivity index (χ0n) is 11.3. The van der Waals surface area contributed by atoms with E-state index in [0.717, 1.165) is 17.5 Å². The highest BCUT2D eigenvalue weighted by Crippen LogP contribution is 2.36. The van der Waals surface area contributed by atoms with E-state index in [4.69, 9.17) is 9.72 Å². The molecular formula is C17H19NO.